The van der Waals surface area contributed by atoms with Crippen LogP contribution in [0.15, 0.2) is 18.2 Å². The fourth-order valence-electron chi connectivity index (χ4n) is 3.29. The molecule has 132 valence electrons. The Hall–Kier alpha value is -2.24. The zero-order chi connectivity index (χ0) is 17.5. The zero-order valence-electron chi connectivity index (χ0n) is 14.6. The standard InChI is InChI=1S/C18H26N2O4/c1-12(21)20-16(13-7-4-5-8-13)18(22)19-11-14-9-6-10-15(23-2)17(14)24-3/h6,9-10,13,16H,4-5,7-8,11H2,1-3H3,(H,19,22)(H,20,21). The summed E-state index contributed by atoms with van der Waals surface area (Å²) in [5.74, 6) is 1.11. The quantitative estimate of drug-likeness (QED) is 0.800. The van der Waals surface area contributed by atoms with Gasteiger partial charge in [-0.05, 0) is 24.8 Å². The van der Waals surface area contributed by atoms with E-state index >= 15 is 0 Å². The summed E-state index contributed by atoms with van der Waals surface area (Å²) >= 11 is 0. The molecule has 1 saturated carbocycles. The first kappa shape index (κ1) is 18.1. The number of carbonyl (C=O) groups excluding carboxylic acids is 2. The second kappa shape index (κ2) is 8.57. The Morgan fingerprint density at radius 3 is 2.50 bits per heavy atom. The molecule has 6 heteroatoms. The van der Waals surface area contributed by atoms with E-state index in [0.717, 1.165) is 31.2 Å². The van der Waals surface area contributed by atoms with E-state index in [2.05, 4.69) is 10.6 Å². The van der Waals surface area contributed by atoms with Crippen LogP contribution >= 0.6 is 0 Å². The number of para-hydroxylation sites is 1. The Labute approximate surface area is 142 Å². The molecule has 2 N–H and O–H groups in total. The van der Waals surface area contributed by atoms with Gasteiger partial charge >= 0.3 is 0 Å². The molecule has 2 amide bonds. The van der Waals surface area contributed by atoms with E-state index in [1.165, 1.54) is 6.92 Å². The molecule has 0 aliphatic heterocycles. The molecule has 1 aliphatic rings. The van der Waals surface area contributed by atoms with Gasteiger partial charge in [-0.25, -0.2) is 0 Å². The maximum Gasteiger partial charge on any atom is 0.243 e. The molecule has 6 nitrogen and oxygen atoms in total. The molecule has 0 saturated heterocycles. The highest BCUT2D eigenvalue weighted by molar-refractivity contribution is 5.87. The topological polar surface area (TPSA) is 76.7 Å². The summed E-state index contributed by atoms with van der Waals surface area (Å²) in [4.78, 5) is 24.0. The highest BCUT2D eigenvalue weighted by atomic mass is 16.5. The van der Waals surface area contributed by atoms with Crippen molar-refractivity contribution in [1.29, 1.82) is 0 Å². The number of nitrogens with one attached hydrogen (secondary N) is 2. The lowest BCUT2D eigenvalue weighted by molar-refractivity contribution is -0.129. The van der Waals surface area contributed by atoms with Gasteiger partial charge in [0.1, 0.15) is 6.04 Å². The summed E-state index contributed by atoms with van der Waals surface area (Å²) in [5, 5.41) is 5.72. The van der Waals surface area contributed by atoms with Gasteiger partial charge in [-0.1, -0.05) is 25.0 Å². The summed E-state index contributed by atoms with van der Waals surface area (Å²) < 4.78 is 10.6. The number of benzene rings is 1. The van der Waals surface area contributed by atoms with Crippen molar-refractivity contribution in [1.82, 2.24) is 10.6 Å². The first-order valence-electron chi connectivity index (χ1n) is 8.31. The van der Waals surface area contributed by atoms with E-state index in [-0.39, 0.29) is 17.7 Å². The average molecular weight is 334 g/mol. The number of methoxy groups -OCH3 is 2. The molecule has 1 aromatic carbocycles. The van der Waals surface area contributed by atoms with Gasteiger partial charge in [-0.3, -0.25) is 9.59 Å². The first-order valence-corrected chi connectivity index (χ1v) is 8.31. The predicted octanol–water partition coefficient (Wildman–Crippen LogP) is 2.01. The zero-order valence-corrected chi connectivity index (χ0v) is 14.6. The summed E-state index contributed by atoms with van der Waals surface area (Å²) in [6.07, 6.45) is 4.16. The van der Waals surface area contributed by atoms with Crippen LogP contribution in [0.2, 0.25) is 0 Å². The van der Waals surface area contributed by atoms with E-state index in [0.29, 0.717) is 18.0 Å². The van der Waals surface area contributed by atoms with E-state index in [1.807, 2.05) is 18.2 Å². The molecule has 1 unspecified atom stereocenters. The second-order valence-corrected chi connectivity index (χ2v) is 6.09. The minimum atomic E-state index is -0.471. The van der Waals surface area contributed by atoms with Crippen molar-refractivity contribution in [3.05, 3.63) is 23.8 Å². The van der Waals surface area contributed by atoms with Crippen LogP contribution in [0.25, 0.3) is 0 Å². The van der Waals surface area contributed by atoms with Gasteiger partial charge in [-0.15, -0.1) is 0 Å². The normalized spacial score (nSPS) is 15.6. The van der Waals surface area contributed by atoms with Gasteiger partial charge in [-0.2, -0.15) is 0 Å². The van der Waals surface area contributed by atoms with Crippen molar-refractivity contribution in [2.75, 3.05) is 14.2 Å². The Balaban J connectivity index is 2.06. The van der Waals surface area contributed by atoms with E-state index < -0.39 is 6.04 Å². The van der Waals surface area contributed by atoms with Gasteiger partial charge in [0.25, 0.3) is 0 Å². The monoisotopic (exact) mass is 334 g/mol. The Morgan fingerprint density at radius 2 is 1.92 bits per heavy atom. The largest absolute Gasteiger partial charge is 0.493 e. The summed E-state index contributed by atoms with van der Waals surface area (Å²) in [6.45, 7) is 1.77. The smallest absolute Gasteiger partial charge is 0.243 e. The van der Waals surface area contributed by atoms with Crippen LogP contribution in [-0.2, 0) is 16.1 Å². The number of hydrogen-bond acceptors (Lipinski definition) is 4. The third-order valence-electron chi connectivity index (χ3n) is 4.45. The minimum absolute atomic E-state index is 0.151. The maximum absolute atomic E-state index is 12.6. The molecule has 0 aromatic heterocycles. The molecule has 1 fully saturated rings. The van der Waals surface area contributed by atoms with Gasteiger partial charge in [0.2, 0.25) is 11.8 Å². The summed E-state index contributed by atoms with van der Waals surface area (Å²) in [6, 6.07) is 5.07. The fourth-order valence-corrected chi connectivity index (χ4v) is 3.29. The third kappa shape index (κ3) is 4.40. The lowest BCUT2D eigenvalue weighted by Gasteiger charge is -2.23. The maximum atomic E-state index is 12.6. The molecular weight excluding hydrogens is 308 g/mol. The average Bonchev–Trinajstić information content (AvgIpc) is 3.11. The van der Waals surface area contributed by atoms with Crippen LogP contribution < -0.4 is 20.1 Å². The molecule has 1 aromatic rings. The SMILES string of the molecule is COc1cccc(CNC(=O)C(NC(C)=O)C2CCCC2)c1OC. The van der Waals surface area contributed by atoms with Crippen LogP contribution in [0.4, 0.5) is 0 Å². The summed E-state index contributed by atoms with van der Waals surface area (Å²) in [7, 11) is 3.15. The van der Waals surface area contributed by atoms with Gasteiger partial charge in [0.05, 0.1) is 14.2 Å². The Morgan fingerprint density at radius 1 is 1.21 bits per heavy atom. The van der Waals surface area contributed by atoms with Crippen molar-refractivity contribution in [3.8, 4) is 11.5 Å². The van der Waals surface area contributed by atoms with Crippen LogP contribution in [0.3, 0.4) is 0 Å². The Kier molecular flexibility index (Phi) is 6.46. The van der Waals surface area contributed by atoms with Crippen LogP contribution in [0.1, 0.15) is 38.2 Å². The number of hydrogen-bond donors (Lipinski definition) is 2. The predicted molar refractivity (Wildman–Crippen MR) is 91.0 cm³/mol. The number of rotatable bonds is 7. The third-order valence-corrected chi connectivity index (χ3v) is 4.45. The van der Waals surface area contributed by atoms with Crippen LogP contribution in [0, 0.1) is 5.92 Å². The van der Waals surface area contributed by atoms with Gasteiger partial charge < -0.3 is 20.1 Å². The number of carbonyl (C=O) groups is 2. The molecule has 0 radical (unpaired) electrons. The number of ether oxygens (including phenoxy) is 2. The lowest BCUT2D eigenvalue weighted by atomic mass is 9.97. The van der Waals surface area contributed by atoms with Crippen LogP contribution in [-0.4, -0.2) is 32.1 Å². The van der Waals surface area contributed by atoms with Crippen LogP contribution in [0.5, 0.6) is 11.5 Å². The molecule has 2 rings (SSSR count). The molecule has 0 heterocycles. The molecule has 0 spiro atoms. The molecule has 0 bridgehead atoms. The fraction of sp³-hybridized carbons (Fsp3) is 0.556. The molecule has 24 heavy (non-hydrogen) atoms. The number of amides is 2. The van der Waals surface area contributed by atoms with Gasteiger partial charge in [0.15, 0.2) is 11.5 Å². The van der Waals surface area contributed by atoms with Gasteiger partial charge in [0, 0.05) is 19.0 Å². The molecule has 1 aliphatic carbocycles. The van der Waals surface area contributed by atoms with Crippen molar-refractivity contribution >= 4 is 11.8 Å². The van der Waals surface area contributed by atoms with Crippen molar-refractivity contribution in [2.45, 2.75) is 45.2 Å². The highest BCUT2D eigenvalue weighted by Gasteiger charge is 2.31. The van der Waals surface area contributed by atoms with E-state index in [4.69, 9.17) is 9.47 Å². The second-order valence-electron chi connectivity index (χ2n) is 6.09. The molecular formula is C18H26N2O4. The van der Waals surface area contributed by atoms with E-state index in [9.17, 15) is 9.59 Å². The minimum Gasteiger partial charge on any atom is -0.493 e. The lowest BCUT2D eigenvalue weighted by Crippen LogP contribution is -2.49. The Bertz CT molecular complexity index is 582. The highest BCUT2D eigenvalue weighted by Crippen LogP contribution is 2.31. The van der Waals surface area contributed by atoms with Crippen molar-refractivity contribution in [2.24, 2.45) is 5.92 Å². The summed E-state index contributed by atoms with van der Waals surface area (Å²) in [5.41, 5.74) is 0.832. The van der Waals surface area contributed by atoms with E-state index in [1.54, 1.807) is 14.2 Å². The molecule has 1 atom stereocenters. The van der Waals surface area contributed by atoms with Crippen molar-refractivity contribution < 1.29 is 19.1 Å². The first-order chi connectivity index (χ1) is 11.6. The van der Waals surface area contributed by atoms with Crippen molar-refractivity contribution in [3.63, 3.8) is 0 Å².